The summed E-state index contributed by atoms with van der Waals surface area (Å²) < 4.78 is 0. The van der Waals surface area contributed by atoms with Gasteiger partial charge in [-0.2, -0.15) is 0 Å². The maximum absolute atomic E-state index is 2.63. The van der Waals surface area contributed by atoms with Crippen LogP contribution < -0.4 is 0 Å². The molecular weight excluding hydrogens is 276 g/mol. The molecule has 0 saturated heterocycles. The van der Waals surface area contributed by atoms with Crippen LogP contribution in [-0.4, -0.2) is 0 Å². The first-order chi connectivity index (χ1) is 10.3. The lowest BCUT2D eigenvalue weighted by Crippen LogP contribution is -2.64. The van der Waals surface area contributed by atoms with Crippen LogP contribution in [0.5, 0.6) is 0 Å². The summed E-state index contributed by atoms with van der Waals surface area (Å²) in [4.78, 5) is 0. The van der Waals surface area contributed by atoms with Gasteiger partial charge in [-0.05, 0) is 64.1 Å². The fraction of sp³-hybridized carbons (Fsp3) is 1.00. The Balaban J connectivity index is 2.58. The Kier molecular flexibility index (Phi) is 4.85. The van der Waals surface area contributed by atoms with Gasteiger partial charge in [0, 0.05) is 0 Å². The number of hydrogen-bond donors (Lipinski definition) is 0. The molecular formula is C23H44. The van der Waals surface area contributed by atoms with Crippen LogP contribution in [0.3, 0.4) is 0 Å². The predicted molar refractivity (Wildman–Crippen MR) is 103 cm³/mol. The topological polar surface area (TPSA) is 0 Å². The molecule has 0 aliphatic heterocycles. The average Bonchev–Trinajstić information content (AvgIpc) is 2.43. The average molecular weight is 321 g/mol. The van der Waals surface area contributed by atoms with Crippen molar-refractivity contribution in [1.82, 2.24) is 0 Å². The minimum Gasteiger partial charge on any atom is -0.0651 e. The van der Waals surface area contributed by atoms with Crippen LogP contribution in [0.1, 0.15) is 89.0 Å². The second-order valence-corrected chi connectivity index (χ2v) is 11.0. The summed E-state index contributed by atoms with van der Waals surface area (Å²) in [5, 5.41) is 0. The lowest BCUT2D eigenvalue weighted by atomic mass is 9.34. The van der Waals surface area contributed by atoms with Crippen LogP contribution in [0.2, 0.25) is 0 Å². The quantitative estimate of drug-likeness (QED) is 0.512. The van der Waals surface area contributed by atoms with Gasteiger partial charge in [0.2, 0.25) is 0 Å². The van der Waals surface area contributed by atoms with Crippen molar-refractivity contribution in [2.75, 3.05) is 0 Å². The molecule has 0 amide bonds. The van der Waals surface area contributed by atoms with Gasteiger partial charge >= 0.3 is 0 Å². The normalized spacial score (nSPS) is 46.7. The zero-order chi connectivity index (χ0) is 18.0. The fourth-order valence-electron chi connectivity index (χ4n) is 7.19. The first-order valence-corrected chi connectivity index (χ1v) is 10.3. The van der Waals surface area contributed by atoms with Gasteiger partial charge in [0.1, 0.15) is 0 Å². The van der Waals surface area contributed by atoms with Crippen molar-refractivity contribution in [3.8, 4) is 0 Å². The largest absolute Gasteiger partial charge is 0.0651 e. The molecule has 0 radical (unpaired) electrons. The third-order valence-corrected chi connectivity index (χ3v) is 10.0. The summed E-state index contributed by atoms with van der Waals surface area (Å²) in [7, 11) is 0. The highest BCUT2D eigenvalue weighted by Crippen LogP contribution is 2.71. The van der Waals surface area contributed by atoms with E-state index in [9.17, 15) is 0 Å². The SMILES string of the molecule is CCC(C)C1C(C)C2CC(C(C)C(C)(C)C1(C)C)C2(C)C(C)C. The van der Waals surface area contributed by atoms with Gasteiger partial charge in [-0.1, -0.05) is 82.6 Å². The summed E-state index contributed by atoms with van der Waals surface area (Å²) in [6, 6.07) is 0. The van der Waals surface area contributed by atoms with Gasteiger partial charge in [0.25, 0.3) is 0 Å². The smallest absolute Gasteiger partial charge is 0.0241 e. The molecule has 0 heterocycles. The van der Waals surface area contributed by atoms with E-state index in [0.29, 0.717) is 16.2 Å². The summed E-state index contributed by atoms with van der Waals surface area (Å²) in [6.45, 7) is 28.0. The van der Waals surface area contributed by atoms with Crippen molar-refractivity contribution >= 4 is 0 Å². The molecule has 7 atom stereocenters. The Morgan fingerprint density at radius 3 is 1.83 bits per heavy atom. The van der Waals surface area contributed by atoms with Gasteiger partial charge in [0.15, 0.2) is 0 Å². The first-order valence-electron chi connectivity index (χ1n) is 10.3. The Hall–Kier alpha value is 0. The summed E-state index contributed by atoms with van der Waals surface area (Å²) in [5.74, 6) is 5.92. The molecule has 2 bridgehead atoms. The molecule has 0 heteroatoms. The van der Waals surface area contributed by atoms with E-state index in [0.717, 1.165) is 41.4 Å². The van der Waals surface area contributed by atoms with E-state index in [2.05, 4.69) is 76.2 Å². The van der Waals surface area contributed by atoms with Crippen molar-refractivity contribution in [2.45, 2.75) is 89.0 Å². The van der Waals surface area contributed by atoms with E-state index in [4.69, 9.17) is 0 Å². The summed E-state index contributed by atoms with van der Waals surface area (Å²) in [6.07, 6.45) is 2.79. The minimum atomic E-state index is 0.390. The van der Waals surface area contributed by atoms with Gasteiger partial charge in [0.05, 0.1) is 0 Å². The third-order valence-electron chi connectivity index (χ3n) is 10.0. The maximum Gasteiger partial charge on any atom is -0.0241 e. The number of hydrogen-bond acceptors (Lipinski definition) is 0. The summed E-state index contributed by atoms with van der Waals surface area (Å²) in [5.41, 5.74) is 1.33. The van der Waals surface area contributed by atoms with Crippen LogP contribution in [0.25, 0.3) is 0 Å². The van der Waals surface area contributed by atoms with Crippen molar-refractivity contribution in [1.29, 1.82) is 0 Å². The molecule has 3 aliphatic carbocycles. The molecule has 0 spiro atoms. The first kappa shape index (κ1) is 19.3. The number of rotatable bonds is 3. The van der Waals surface area contributed by atoms with Gasteiger partial charge in [-0.3, -0.25) is 0 Å². The van der Waals surface area contributed by atoms with Crippen LogP contribution in [-0.2, 0) is 0 Å². The zero-order valence-corrected chi connectivity index (χ0v) is 18.0. The van der Waals surface area contributed by atoms with Gasteiger partial charge in [-0.15, -0.1) is 0 Å². The highest BCUT2D eigenvalue weighted by molar-refractivity contribution is 5.13. The Labute approximate surface area is 147 Å². The van der Waals surface area contributed by atoms with E-state index in [-0.39, 0.29) is 0 Å². The van der Waals surface area contributed by atoms with E-state index in [1.54, 1.807) is 0 Å². The molecule has 7 unspecified atom stereocenters. The lowest BCUT2D eigenvalue weighted by molar-refractivity contribution is -0.221. The van der Waals surface area contributed by atoms with Gasteiger partial charge in [-0.25, -0.2) is 0 Å². The van der Waals surface area contributed by atoms with Crippen LogP contribution in [0, 0.1) is 57.7 Å². The van der Waals surface area contributed by atoms with Crippen LogP contribution >= 0.6 is 0 Å². The second-order valence-electron chi connectivity index (χ2n) is 11.0. The number of fused-ring (bicyclic) bond motifs is 4. The third kappa shape index (κ3) is 2.36. The molecule has 3 saturated carbocycles. The van der Waals surface area contributed by atoms with E-state index in [1.807, 2.05) is 0 Å². The van der Waals surface area contributed by atoms with Gasteiger partial charge < -0.3 is 0 Å². The van der Waals surface area contributed by atoms with Crippen LogP contribution in [0.4, 0.5) is 0 Å². The molecule has 23 heavy (non-hydrogen) atoms. The van der Waals surface area contributed by atoms with Crippen molar-refractivity contribution in [3.05, 3.63) is 0 Å². The standard InChI is InChI=1S/C23H44/c1-12-15(4)20-16(5)18-13-19(23(18,11)14(2)3)17(6)21(7,8)22(20,9)10/h14-20H,12-13H2,1-11H3. The van der Waals surface area contributed by atoms with Crippen molar-refractivity contribution in [3.63, 3.8) is 0 Å². The highest BCUT2D eigenvalue weighted by atomic mass is 14.7. The Bertz CT molecular complexity index is 429. The second kappa shape index (κ2) is 5.77. The van der Waals surface area contributed by atoms with Crippen LogP contribution in [0.15, 0.2) is 0 Å². The summed E-state index contributed by atoms with van der Waals surface area (Å²) >= 11 is 0. The van der Waals surface area contributed by atoms with Crippen molar-refractivity contribution < 1.29 is 0 Å². The van der Waals surface area contributed by atoms with E-state index < -0.39 is 0 Å². The molecule has 0 nitrogen and oxygen atoms in total. The maximum atomic E-state index is 2.63. The highest BCUT2D eigenvalue weighted by Gasteiger charge is 2.65. The molecule has 0 N–H and O–H groups in total. The molecule has 3 aliphatic rings. The monoisotopic (exact) mass is 320 g/mol. The zero-order valence-electron chi connectivity index (χ0n) is 18.0. The minimum absolute atomic E-state index is 0.390. The molecule has 136 valence electrons. The molecule has 0 aromatic heterocycles. The molecule has 0 aromatic rings. The Morgan fingerprint density at radius 1 is 0.870 bits per heavy atom. The predicted octanol–water partition coefficient (Wildman–Crippen LogP) is 7.29. The van der Waals surface area contributed by atoms with E-state index >= 15 is 0 Å². The molecule has 0 aromatic carbocycles. The molecule has 3 rings (SSSR count). The fourth-order valence-corrected chi connectivity index (χ4v) is 7.19. The Morgan fingerprint density at radius 2 is 1.39 bits per heavy atom. The van der Waals surface area contributed by atoms with E-state index in [1.165, 1.54) is 12.8 Å². The molecule has 3 fully saturated rings. The van der Waals surface area contributed by atoms with Crippen molar-refractivity contribution in [2.24, 2.45) is 57.7 Å². The lowest BCUT2D eigenvalue weighted by Gasteiger charge is -2.70.